The number of sulfonamides is 1. The molecule has 0 unspecified atom stereocenters. The molecule has 110 valence electrons. The molecule has 8 heteroatoms. The summed E-state index contributed by atoms with van der Waals surface area (Å²) < 4.78 is 26.0. The van der Waals surface area contributed by atoms with Gasteiger partial charge in [-0.15, -0.1) is 0 Å². The Kier molecular flexibility index (Phi) is 4.36. The lowest BCUT2D eigenvalue weighted by Crippen LogP contribution is -2.47. The number of benzene rings is 1. The molecule has 1 aliphatic heterocycles. The van der Waals surface area contributed by atoms with Crippen LogP contribution in [0, 0.1) is 10.1 Å². The average molecular weight is 299 g/mol. The normalized spacial score (nSPS) is 18.1. The molecule has 0 spiro atoms. The van der Waals surface area contributed by atoms with E-state index in [0.717, 1.165) is 0 Å². The Morgan fingerprint density at radius 1 is 1.25 bits per heavy atom. The van der Waals surface area contributed by atoms with E-state index < -0.39 is 14.9 Å². The van der Waals surface area contributed by atoms with Crippen LogP contribution in [0.1, 0.15) is 5.56 Å². The SMILES string of the molecule is CN1CCN(S(=O)(=O)Cc2cccc([N+](=O)[O-])c2)CC1. The van der Waals surface area contributed by atoms with Crippen LogP contribution in [0.2, 0.25) is 0 Å². The number of piperazine rings is 1. The summed E-state index contributed by atoms with van der Waals surface area (Å²) >= 11 is 0. The maximum Gasteiger partial charge on any atom is 0.269 e. The first-order valence-corrected chi connectivity index (χ1v) is 7.89. The molecule has 0 radical (unpaired) electrons. The van der Waals surface area contributed by atoms with Crippen molar-refractivity contribution in [2.45, 2.75) is 5.75 Å². The third-order valence-corrected chi connectivity index (χ3v) is 5.18. The number of hydrogen-bond acceptors (Lipinski definition) is 5. The topological polar surface area (TPSA) is 83.8 Å². The number of likely N-dealkylation sites (N-methyl/N-ethyl adjacent to an activating group) is 1. The van der Waals surface area contributed by atoms with Crippen molar-refractivity contribution >= 4 is 15.7 Å². The standard InChI is InChI=1S/C12H17N3O4S/c1-13-5-7-14(8-6-13)20(18,19)10-11-3-2-4-12(9-11)15(16)17/h2-4,9H,5-8,10H2,1H3. The Labute approximate surface area is 118 Å². The van der Waals surface area contributed by atoms with E-state index in [2.05, 4.69) is 4.90 Å². The third kappa shape index (κ3) is 3.53. The van der Waals surface area contributed by atoms with E-state index in [1.807, 2.05) is 7.05 Å². The van der Waals surface area contributed by atoms with Gasteiger partial charge in [0.05, 0.1) is 10.7 Å². The van der Waals surface area contributed by atoms with Crippen LogP contribution < -0.4 is 0 Å². The van der Waals surface area contributed by atoms with Crippen LogP contribution in [0.3, 0.4) is 0 Å². The van der Waals surface area contributed by atoms with Gasteiger partial charge in [0.2, 0.25) is 10.0 Å². The minimum Gasteiger partial charge on any atom is -0.304 e. The summed E-state index contributed by atoms with van der Waals surface area (Å²) in [6.07, 6.45) is 0. The van der Waals surface area contributed by atoms with E-state index in [0.29, 0.717) is 31.7 Å². The molecule has 1 aromatic rings. The number of nitro groups is 1. The molecule has 1 aromatic carbocycles. The first-order chi connectivity index (χ1) is 9.38. The van der Waals surface area contributed by atoms with Crippen molar-refractivity contribution in [3.8, 4) is 0 Å². The molecular formula is C12H17N3O4S. The van der Waals surface area contributed by atoms with Gasteiger partial charge in [-0.2, -0.15) is 4.31 Å². The number of hydrogen-bond donors (Lipinski definition) is 0. The Bertz CT molecular complexity index is 594. The zero-order chi connectivity index (χ0) is 14.8. The van der Waals surface area contributed by atoms with Gasteiger partial charge in [0, 0.05) is 38.3 Å². The van der Waals surface area contributed by atoms with Crippen LogP contribution in [0.5, 0.6) is 0 Å². The van der Waals surface area contributed by atoms with E-state index in [9.17, 15) is 18.5 Å². The first kappa shape index (κ1) is 14.9. The van der Waals surface area contributed by atoms with Crippen LogP contribution >= 0.6 is 0 Å². The summed E-state index contributed by atoms with van der Waals surface area (Å²) in [5, 5.41) is 10.7. The molecule has 1 aliphatic rings. The smallest absolute Gasteiger partial charge is 0.269 e. The van der Waals surface area contributed by atoms with E-state index in [4.69, 9.17) is 0 Å². The fraction of sp³-hybridized carbons (Fsp3) is 0.500. The Morgan fingerprint density at radius 2 is 1.90 bits per heavy atom. The van der Waals surface area contributed by atoms with Crippen molar-refractivity contribution in [1.82, 2.24) is 9.21 Å². The van der Waals surface area contributed by atoms with Gasteiger partial charge in [0.1, 0.15) is 0 Å². The highest BCUT2D eigenvalue weighted by atomic mass is 32.2. The molecule has 2 rings (SSSR count). The lowest BCUT2D eigenvalue weighted by Gasteiger charge is -2.31. The lowest BCUT2D eigenvalue weighted by molar-refractivity contribution is -0.384. The number of rotatable bonds is 4. The maximum absolute atomic E-state index is 12.3. The second-order valence-electron chi connectivity index (χ2n) is 4.89. The van der Waals surface area contributed by atoms with Crippen LogP contribution in [0.4, 0.5) is 5.69 Å². The fourth-order valence-electron chi connectivity index (χ4n) is 2.13. The maximum atomic E-state index is 12.3. The summed E-state index contributed by atoms with van der Waals surface area (Å²) in [5.41, 5.74) is 0.356. The van der Waals surface area contributed by atoms with Crippen molar-refractivity contribution in [2.75, 3.05) is 33.2 Å². The minimum absolute atomic E-state index is 0.0870. The fourth-order valence-corrected chi connectivity index (χ4v) is 3.63. The Hall–Kier alpha value is -1.51. The van der Waals surface area contributed by atoms with Crippen LogP contribution in [0.25, 0.3) is 0 Å². The summed E-state index contributed by atoms with van der Waals surface area (Å²) in [6.45, 7) is 2.34. The lowest BCUT2D eigenvalue weighted by atomic mass is 10.2. The summed E-state index contributed by atoms with van der Waals surface area (Å²) in [6, 6.07) is 5.77. The van der Waals surface area contributed by atoms with Gasteiger partial charge in [0.15, 0.2) is 0 Å². The monoisotopic (exact) mass is 299 g/mol. The van der Waals surface area contributed by atoms with E-state index in [1.165, 1.54) is 22.5 Å². The molecule has 0 amide bonds. The molecule has 0 aromatic heterocycles. The number of non-ortho nitro benzene ring substituents is 1. The minimum atomic E-state index is -3.42. The van der Waals surface area contributed by atoms with Crippen molar-refractivity contribution in [2.24, 2.45) is 0 Å². The highest BCUT2D eigenvalue weighted by Gasteiger charge is 2.26. The van der Waals surface area contributed by atoms with Crippen LogP contribution in [-0.4, -0.2) is 55.8 Å². The van der Waals surface area contributed by atoms with E-state index in [1.54, 1.807) is 6.07 Å². The average Bonchev–Trinajstić information content (AvgIpc) is 2.39. The molecule has 0 aliphatic carbocycles. The molecule has 1 fully saturated rings. The van der Waals surface area contributed by atoms with Crippen molar-refractivity contribution in [1.29, 1.82) is 0 Å². The van der Waals surface area contributed by atoms with Gasteiger partial charge in [0.25, 0.3) is 5.69 Å². The van der Waals surface area contributed by atoms with Crippen LogP contribution in [-0.2, 0) is 15.8 Å². The molecular weight excluding hydrogens is 282 g/mol. The van der Waals surface area contributed by atoms with E-state index >= 15 is 0 Å². The van der Waals surface area contributed by atoms with Gasteiger partial charge in [-0.1, -0.05) is 12.1 Å². The quantitative estimate of drug-likeness (QED) is 0.603. The molecule has 20 heavy (non-hydrogen) atoms. The van der Waals surface area contributed by atoms with Crippen LogP contribution in [0.15, 0.2) is 24.3 Å². The zero-order valence-electron chi connectivity index (χ0n) is 11.2. The summed E-state index contributed by atoms with van der Waals surface area (Å²) in [7, 11) is -1.47. The molecule has 0 saturated carbocycles. The molecule has 0 bridgehead atoms. The molecule has 7 nitrogen and oxygen atoms in total. The van der Waals surface area contributed by atoms with Gasteiger partial charge in [-0.25, -0.2) is 8.42 Å². The van der Waals surface area contributed by atoms with Crippen molar-refractivity contribution in [3.63, 3.8) is 0 Å². The molecule has 0 N–H and O–H groups in total. The summed E-state index contributed by atoms with van der Waals surface area (Å²) in [4.78, 5) is 12.2. The van der Waals surface area contributed by atoms with Gasteiger partial charge < -0.3 is 4.90 Å². The number of nitro benzene ring substituents is 1. The highest BCUT2D eigenvalue weighted by Crippen LogP contribution is 2.17. The van der Waals surface area contributed by atoms with Gasteiger partial charge in [-0.3, -0.25) is 10.1 Å². The van der Waals surface area contributed by atoms with Crippen molar-refractivity contribution < 1.29 is 13.3 Å². The second-order valence-corrected chi connectivity index (χ2v) is 6.85. The Morgan fingerprint density at radius 3 is 2.50 bits per heavy atom. The molecule has 0 atom stereocenters. The zero-order valence-corrected chi connectivity index (χ0v) is 12.0. The Balaban J connectivity index is 2.12. The predicted molar refractivity (Wildman–Crippen MR) is 74.8 cm³/mol. The second kappa shape index (κ2) is 5.86. The third-order valence-electron chi connectivity index (χ3n) is 3.33. The first-order valence-electron chi connectivity index (χ1n) is 6.28. The van der Waals surface area contributed by atoms with Crippen molar-refractivity contribution in [3.05, 3.63) is 39.9 Å². The molecule has 1 heterocycles. The highest BCUT2D eigenvalue weighted by molar-refractivity contribution is 7.88. The van der Waals surface area contributed by atoms with E-state index in [-0.39, 0.29) is 11.4 Å². The van der Waals surface area contributed by atoms with Gasteiger partial charge in [-0.05, 0) is 12.6 Å². The van der Waals surface area contributed by atoms with Gasteiger partial charge >= 0.3 is 0 Å². The molecule has 1 saturated heterocycles. The summed E-state index contributed by atoms with van der Waals surface area (Å²) in [5.74, 6) is -0.196. The number of nitrogens with zero attached hydrogens (tertiary/aromatic N) is 3. The largest absolute Gasteiger partial charge is 0.304 e. The predicted octanol–water partition coefficient (Wildman–Crippen LogP) is 0.672.